The molecule has 0 bridgehead atoms. The number of ether oxygens (including phenoxy) is 2. The summed E-state index contributed by atoms with van der Waals surface area (Å²) >= 11 is 6.22. The average Bonchev–Trinajstić information content (AvgIpc) is 3.00. The second kappa shape index (κ2) is 8.30. The second-order valence-corrected chi connectivity index (χ2v) is 7.46. The van der Waals surface area contributed by atoms with Crippen LogP contribution >= 0.6 is 11.6 Å². The van der Waals surface area contributed by atoms with Crippen molar-refractivity contribution in [3.05, 3.63) is 59.1 Å². The van der Waals surface area contributed by atoms with E-state index in [1.165, 1.54) is 5.56 Å². The highest BCUT2D eigenvalue weighted by atomic mass is 35.5. The van der Waals surface area contributed by atoms with E-state index in [0.717, 1.165) is 5.75 Å². The van der Waals surface area contributed by atoms with Gasteiger partial charge in [-0.3, -0.25) is 5.32 Å². The Morgan fingerprint density at radius 3 is 2.58 bits per heavy atom. The lowest BCUT2D eigenvalue weighted by atomic mass is 10.0. The Bertz CT molecular complexity index is 719. The Morgan fingerprint density at radius 1 is 1.19 bits per heavy atom. The zero-order valence-corrected chi connectivity index (χ0v) is 16.0. The SMILES string of the molecule is CC(C)c1ccc(OC2CNC(CCO)(Oc3ccccc3Cl)C2)cc1. The lowest BCUT2D eigenvalue weighted by Gasteiger charge is -2.30. The number of rotatable bonds is 7. The first-order chi connectivity index (χ1) is 12.5. The molecule has 2 atom stereocenters. The van der Waals surface area contributed by atoms with Crippen molar-refractivity contribution >= 4 is 11.6 Å². The van der Waals surface area contributed by atoms with Crippen molar-refractivity contribution < 1.29 is 14.6 Å². The maximum Gasteiger partial charge on any atom is 0.167 e. The molecular weight excluding hydrogens is 350 g/mol. The molecule has 1 heterocycles. The molecule has 5 heteroatoms. The molecule has 0 spiro atoms. The summed E-state index contributed by atoms with van der Waals surface area (Å²) in [6.07, 6.45) is 1.06. The van der Waals surface area contributed by atoms with Crippen LogP contribution in [0.1, 0.15) is 38.2 Å². The highest BCUT2D eigenvalue weighted by Gasteiger charge is 2.42. The molecule has 2 aromatic carbocycles. The van der Waals surface area contributed by atoms with Crippen LogP contribution in [0, 0.1) is 0 Å². The van der Waals surface area contributed by atoms with Crippen LogP contribution in [-0.2, 0) is 0 Å². The summed E-state index contributed by atoms with van der Waals surface area (Å²) in [4.78, 5) is 0. The molecule has 2 N–H and O–H groups in total. The second-order valence-electron chi connectivity index (χ2n) is 7.05. The lowest BCUT2D eigenvalue weighted by molar-refractivity contribution is 0.0190. The molecule has 2 unspecified atom stereocenters. The van der Waals surface area contributed by atoms with Crippen LogP contribution in [0.15, 0.2) is 48.5 Å². The van der Waals surface area contributed by atoms with E-state index in [4.69, 9.17) is 21.1 Å². The molecule has 1 fully saturated rings. The highest BCUT2D eigenvalue weighted by Crippen LogP contribution is 2.33. The maximum absolute atomic E-state index is 9.50. The number of benzene rings is 2. The van der Waals surface area contributed by atoms with Crippen LogP contribution in [0.25, 0.3) is 0 Å². The van der Waals surface area contributed by atoms with Crippen LogP contribution in [0.5, 0.6) is 11.5 Å². The van der Waals surface area contributed by atoms with Crippen molar-refractivity contribution in [3.8, 4) is 11.5 Å². The fourth-order valence-electron chi connectivity index (χ4n) is 3.26. The molecule has 0 radical (unpaired) electrons. The van der Waals surface area contributed by atoms with Gasteiger partial charge in [0.2, 0.25) is 0 Å². The van der Waals surface area contributed by atoms with E-state index >= 15 is 0 Å². The van der Waals surface area contributed by atoms with Gasteiger partial charge in [-0.2, -0.15) is 0 Å². The molecule has 140 valence electrons. The van der Waals surface area contributed by atoms with E-state index < -0.39 is 5.72 Å². The number of aliphatic hydroxyl groups is 1. The Kier molecular flexibility index (Phi) is 6.07. The molecule has 4 nitrogen and oxygen atoms in total. The fourth-order valence-corrected chi connectivity index (χ4v) is 3.43. The third-order valence-corrected chi connectivity index (χ3v) is 5.03. The molecule has 2 aromatic rings. The quantitative estimate of drug-likeness (QED) is 0.754. The molecule has 0 amide bonds. The van der Waals surface area contributed by atoms with Crippen molar-refractivity contribution in [2.75, 3.05) is 13.2 Å². The van der Waals surface area contributed by atoms with Gasteiger partial charge in [0.15, 0.2) is 5.72 Å². The van der Waals surface area contributed by atoms with Crippen LogP contribution in [0.3, 0.4) is 0 Å². The molecule has 26 heavy (non-hydrogen) atoms. The third kappa shape index (κ3) is 4.50. The van der Waals surface area contributed by atoms with Crippen molar-refractivity contribution in [2.24, 2.45) is 0 Å². The van der Waals surface area contributed by atoms with Gasteiger partial charge in [0.25, 0.3) is 0 Å². The van der Waals surface area contributed by atoms with E-state index in [0.29, 0.717) is 36.1 Å². The summed E-state index contributed by atoms with van der Waals surface area (Å²) in [7, 11) is 0. The standard InChI is InChI=1S/C21H26ClNO3/c1-15(2)16-7-9-17(10-8-16)25-18-13-21(11-12-24,23-14-18)26-20-6-4-3-5-19(20)22/h3-10,15,18,23-24H,11-14H2,1-2H3. The van der Waals surface area contributed by atoms with Gasteiger partial charge >= 0.3 is 0 Å². The predicted molar refractivity (Wildman–Crippen MR) is 104 cm³/mol. The third-order valence-electron chi connectivity index (χ3n) is 4.72. The van der Waals surface area contributed by atoms with Gasteiger partial charge in [-0.15, -0.1) is 0 Å². The van der Waals surface area contributed by atoms with Gasteiger partial charge in [-0.1, -0.05) is 49.7 Å². The zero-order chi connectivity index (χ0) is 18.6. The van der Waals surface area contributed by atoms with E-state index in [-0.39, 0.29) is 12.7 Å². The molecule has 1 saturated heterocycles. The Balaban J connectivity index is 1.68. The van der Waals surface area contributed by atoms with E-state index in [2.05, 4.69) is 31.3 Å². The maximum atomic E-state index is 9.50. The largest absolute Gasteiger partial charge is 0.489 e. The highest BCUT2D eigenvalue weighted by molar-refractivity contribution is 6.32. The summed E-state index contributed by atoms with van der Waals surface area (Å²) in [6.45, 7) is 5.02. The van der Waals surface area contributed by atoms with E-state index in [1.807, 2.05) is 30.3 Å². The number of para-hydroxylation sites is 1. The van der Waals surface area contributed by atoms with Crippen molar-refractivity contribution in [3.63, 3.8) is 0 Å². The first-order valence-electron chi connectivity index (χ1n) is 9.07. The number of halogens is 1. The topological polar surface area (TPSA) is 50.7 Å². The van der Waals surface area contributed by atoms with Crippen LogP contribution in [-0.4, -0.2) is 30.1 Å². The van der Waals surface area contributed by atoms with Gasteiger partial charge < -0.3 is 14.6 Å². The summed E-state index contributed by atoms with van der Waals surface area (Å²) < 4.78 is 12.3. The predicted octanol–water partition coefficient (Wildman–Crippen LogP) is 4.36. The first kappa shape index (κ1) is 19.0. The van der Waals surface area contributed by atoms with Gasteiger partial charge in [-0.05, 0) is 35.7 Å². The molecular formula is C21H26ClNO3. The Labute approximate surface area is 160 Å². The van der Waals surface area contributed by atoms with Gasteiger partial charge in [0.1, 0.15) is 17.6 Å². The molecule has 1 aliphatic heterocycles. The smallest absolute Gasteiger partial charge is 0.167 e. The summed E-state index contributed by atoms with van der Waals surface area (Å²) in [5, 5.41) is 13.4. The number of hydrogen-bond acceptors (Lipinski definition) is 4. The van der Waals surface area contributed by atoms with Gasteiger partial charge in [0, 0.05) is 26.0 Å². The fraction of sp³-hybridized carbons (Fsp3) is 0.429. The van der Waals surface area contributed by atoms with Crippen LogP contribution in [0.2, 0.25) is 5.02 Å². The molecule has 0 aliphatic carbocycles. The minimum absolute atomic E-state index is 0.0211. The van der Waals surface area contributed by atoms with Crippen LogP contribution < -0.4 is 14.8 Å². The molecule has 1 aliphatic rings. The first-order valence-corrected chi connectivity index (χ1v) is 9.45. The summed E-state index contributed by atoms with van der Waals surface area (Å²) in [5.74, 6) is 1.95. The number of nitrogens with one attached hydrogen (secondary N) is 1. The normalized spacial score (nSPS) is 22.6. The zero-order valence-electron chi connectivity index (χ0n) is 15.2. The van der Waals surface area contributed by atoms with Gasteiger partial charge in [-0.25, -0.2) is 0 Å². The Hall–Kier alpha value is -1.75. The Morgan fingerprint density at radius 2 is 1.92 bits per heavy atom. The monoisotopic (exact) mass is 375 g/mol. The lowest BCUT2D eigenvalue weighted by Crippen LogP contribution is -2.46. The van der Waals surface area contributed by atoms with Crippen molar-refractivity contribution in [1.29, 1.82) is 0 Å². The molecule has 0 aromatic heterocycles. The van der Waals surface area contributed by atoms with Crippen molar-refractivity contribution in [1.82, 2.24) is 5.32 Å². The summed E-state index contributed by atoms with van der Waals surface area (Å²) in [5.41, 5.74) is 0.612. The minimum Gasteiger partial charge on any atom is -0.489 e. The number of aliphatic hydroxyl groups excluding tert-OH is 1. The van der Waals surface area contributed by atoms with E-state index in [1.54, 1.807) is 6.07 Å². The van der Waals surface area contributed by atoms with Crippen molar-refractivity contribution in [2.45, 2.75) is 44.4 Å². The molecule has 0 saturated carbocycles. The summed E-state index contributed by atoms with van der Waals surface area (Å²) in [6, 6.07) is 15.6. The minimum atomic E-state index is -0.678. The number of hydrogen-bond donors (Lipinski definition) is 2. The van der Waals surface area contributed by atoms with E-state index in [9.17, 15) is 5.11 Å². The van der Waals surface area contributed by atoms with Gasteiger partial charge in [0.05, 0.1) is 5.02 Å². The molecule has 3 rings (SSSR count). The van der Waals surface area contributed by atoms with Crippen LogP contribution in [0.4, 0.5) is 0 Å². The average molecular weight is 376 g/mol.